The lowest BCUT2D eigenvalue weighted by Crippen LogP contribution is -2.30. The Bertz CT molecular complexity index is 469. The van der Waals surface area contributed by atoms with Crippen LogP contribution in [0.4, 0.5) is 0 Å². The van der Waals surface area contributed by atoms with Crippen LogP contribution in [0, 0.1) is 0 Å². The lowest BCUT2D eigenvalue weighted by Gasteiger charge is -2.24. The van der Waals surface area contributed by atoms with E-state index in [0.29, 0.717) is 11.6 Å². The molecule has 0 saturated carbocycles. The SMILES string of the molecule is CCN(Cc1ccc(C(=O)NCCC(=O)O)cc1)C(C)C. The van der Waals surface area contributed by atoms with Crippen LogP contribution < -0.4 is 5.32 Å². The van der Waals surface area contributed by atoms with Crippen molar-refractivity contribution in [1.82, 2.24) is 10.2 Å². The molecule has 116 valence electrons. The smallest absolute Gasteiger partial charge is 0.305 e. The molecule has 0 heterocycles. The molecule has 0 aromatic heterocycles. The van der Waals surface area contributed by atoms with Gasteiger partial charge in [0.2, 0.25) is 0 Å². The fraction of sp³-hybridized carbons (Fsp3) is 0.500. The van der Waals surface area contributed by atoms with Crippen molar-refractivity contribution in [2.75, 3.05) is 13.1 Å². The molecular formula is C16H24N2O3. The number of carboxylic acid groups (broad SMARTS) is 1. The zero-order valence-corrected chi connectivity index (χ0v) is 12.9. The van der Waals surface area contributed by atoms with Crippen LogP contribution in [-0.4, -0.2) is 41.0 Å². The summed E-state index contributed by atoms with van der Waals surface area (Å²) in [6, 6.07) is 7.92. The molecule has 21 heavy (non-hydrogen) atoms. The van der Waals surface area contributed by atoms with Gasteiger partial charge < -0.3 is 10.4 Å². The number of carboxylic acids is 1. The fourth-order valence-corrected chi connectivity index (χ4v) is 2.04. The van der Waals surface area contributed by atoms with Gasteiger partial charge in [0, 0.05) is 24.7 Å². The molecule has 0 aliphatic heterocycles. The van der Waals surface area contributed by atoms with Gasteiger partial charge in [-0.05, 0) is 38.1 Å². The van der Waals surface area contributed by atoms with Crippen molar-refractivity contribution in [3.8, 4) is 0 Å². The molecule has 0 bridgehead atoms. The standard InChI is InChI=1S/C16H24N2O3/c1-4-18(12(2)3)11-13-5-7-14(8-6-13)16(21)17-10-9-15(19)20/h5-8,12H,4,9-11H2,1-3H3,(H,17,21)(H,19,20). The Labute approximate surface area is 126 Å². The number of carbonyl (C=O) groups excluding carboxylic acids is 1. The number of hydrogen-bond acceptors (Lipinski definition) is 3. The molecule has 0 unspecified atom stereocenters. The van der Waals surface area contributed by atoms with E-state index in [9.17, 15) is 9.59 Å². The molecule has 0 aliphatic carbocycles. The van der Waals surface area contributed by atoms with Gasteiger partial charge in [-0.2, -0.15) is 0 Å². The Morgan fingerprint density at radius 2 is 1.86 bits per heavy atom. The van der Waals surface area contributed by atoms with Crippen LogP contribution >= 0.6 is 0 Å². The summed E-state index contributed by atoms with van der Waals surface area (Å²) in [6.45, 7) is 8.43. The van der Waals surface area contributed by atoms with Gasteiger partial charge in [-0.1, -0.05) is 19.1 Å². The van der Waals surface area contributed by atoms with E-state index in [1.807, 2.05) is 12.1 Å². The first-order chi connectivity index (χ1) is 9.93. The molecule has 0 aliphatic rings. The first-order valence-corrected chi connectivity index (χ1v) is 7.27. The molecule has 5 heteroatoms. The van der Waals surface area contributed by atoms with Crippen molar-refractivity contribution in [2.45, 2.75) is 39.8 Å². The number of amides is 1. The maximum absolute atomic E-state index is 11.8. The van der Waals surface area contributed by atoms with E-state index in [0.717, 1.165) is 18.7 Å². The third kappa shape index (κ3) is 5.95. The molecule has 1 aromatic carbocycles. The van der Waals surface area contributed by atoms with Gasteiger partial charge >= 0.3 is 5.97 Å². The normalized spacial score (nSPS) is 10.9. The van der Waals surface area contributed by atoms with Crippen LogP contribution in [0.3, 0.4) is 0 Å². The summed E-state index contributed by atoms with van der Waals surface area (Å²) in [7, 11) is 0. The Morgan fingerprint density at radius 1 is 1.24 bits per heavy atom. The lowest BCUT2D eigenvalue weighted by molar-refractivity contribution is -0.136. The quantitative estimate of drug-likeness (QED) is 0.770. The summed E-state index contributed by atoms with van der Waals surface area (Å²) in [5.41, 5.74) is 1.71. The third-order valence-electron chi connectivity index (χ3n) is 3.36. The zero-order chi connectivity index (χ0) is 15.8. The molecule has 5 nitrogen and oxygen atoms in total. The van der Waals surface area contributed by atoms with Crippen molar-refractivity contribution < 1.29 is 14.7 Å². The van der Waals surface area contributed by atoms with Crippen LogP contribution in [0.25, 0.3) is 0 Å². The van der Waals surface area contributed by atoms with Crippen LogP contribution in [0.15, 0.2) is 24.3 Å². The second-order valence-corrected chi connectivity index (χ2v) is 5.25. The third-order valence-corrected chi connectivity index (χ3v) is 3.36. The number of nitrogens with one attached hydrogen (secondary N) is 1. The highest BCUT2D eigenvalue weighted by atomic mass is 16.4. The van der Waals surface area contributed by atoms with Crippen LogP contribution in [0.1, 0.15) is 43.1 Å². The maximum atomic E-state index is 11.8. The minimum absolute atomic E-state index is 0.0658. The first kappa shape index (κ1) is 17.2. The zero-order valence-electron chi connectivity index (χ0n) is 12.9. The van der Waals surface area contributed by atoms with Crippen molar-refractivity contribution in [3.63, 3.8) is 0 Å². The summed E-state index contributed by atoms with van der Waals surface area (Å²) in [5, 5.41) is 11.1. The number of benzene rings is 1. The predicted octanol–water partition coefficient (Wildman–Crippen LogP) is 2.12. The summed E-state index contributed by atoms with van der Waals surface area (Å²) in [6.07, 6.45) is -0.0658. The summed E-state index contributed by atoms with van der Waals surface area (Å²) in [4.78, 5) is 24.5. The molecule has 0 radical (unpaired) electrons. The molecule has 0 atom stereocenters. The molecule has 0 spiro atoms. The van der Waals surface area contributed by atoms with E-state index in [2.05, 4.69) is 31.0 Å². The van der Waals surface area contributed by atoms with Crippen LogP contribution in [0.2, 0.25) is 0 Å². The Morgan fingerprint density at radius 3 is 2.33 bits per heavy atom. The maximum Gasteiger partial charge on any atom is 0.305 e. The minimum Gasteiger partial charge on any atom is -0.481 e. The van der Waals surface area contributed by atoms with Gasteiger partial charge in [0.15, 0.2) is 0 Å². The predicted molar refractivity (Wildman–Crippen MR) is 82.2 cm³/mol. The van der Waals surface area contributed by atoms with Gasteiger partial charge in [0.25, 0.3) is 5.91 Å². The van der Waals surface area contributed by atoms with Gasteiger partial charge in [-0.15, -0.1) is 0 Å². The van der Waals surface area contributed by atoms with Crippen LogP contribution in [0.5, 0.6) is 0 Å². The van der Waals surface area contributed by atoms with E-state index in [1.165, 1.54) is 0 Å². The minimum atomic E-state index is -0.918. The average Bonchev–Trinajstić information content (AvgIpc) is 2.44. The summed E-state index contributed by atoms with van der Waals surface area (Å²) in [5.74, 6) is -1.15. The van der Waals surface area contributed by atoms with Crippen molar-refractivity contribution >= 4 is 11.9 Å². The second-order valence-electron chi connectivity index (χ2n) is 5.25. The molecule has 1 amide bonds. The Balaban J connectivity index is 2.57. The molecule has 1 rings (SSSR count). The lowest BCUT2D eigenvalue weighted by atomic mass is 10.1. The monoisotopic (exact) mass is 292 g/mol. The second kappa shape index (κ2) is 8.42. The number of aliphatic carboxylic acids is 1. The van der Waals surface area contributed by atoms with Crippen molar-refractivity contribution in [2.24, 2.45) is 0 Å². The molecule has 0 fully saturated rings. The number of rotatable bonds is 8. The van der Waals surface area contributed by atoms with Gasteiger partial charge in [0.05, 0.1) is 6.42 Å². The van der Waals surface area contributed by atoms with Gasteiger partial charge in [0.1, 0.15) is 0 Å². The number of hydrogen-bond donors (Lipinski definition) is 2. The summed E-state index contributed by atoms with van der Waals surface area (Å²) < 4.78 is 0. The first-order valence-electron chi connectivity index (χ1n) is 7.27. The number of nitrogens with zero attached hydrogens (tertiary/aromatic N) is 1. The highest BCUT2D eigenvalue weighted by Gasteiger charge is 2.09. The van der Waals surface area contributed by atoms with E-state index in [-0.39, 0.29) is 18.9 Å². The molecule has 2 N–H and O–H groups in total. The highest BCUT2D eigenvalue weighted by Crippen LogP contribution is 2.10. The average molecular weight is 292 g/mol. The summed E-state index contributed by atoms with van der Waals surface area (Å²) >= 11 is 0. The molecule has 0 saturated heterocycles. The Hall–Kier alpha value is -1.88. The van der Waals surface area contributed by atoms with Crippen LogP contribution in [-0.2, 0) is 11.3 Å². The number of carbonyl (C=O) groups is 2. The van der Waals surface area contributed by atoms with Gasteiger partial charge in [-0.25, -0.2) is 0 Å². The largest absolute Gasteiger partial charge is 0.481 e. The van der Waals surface area contributed by atoms with Crippen molar-refractivity contribution in [3.05, 3.63) is 35.4 Å². The van der Waals surface area contributed by atoms with E-state index >= 15 is 0 Å². The van der Waals surface area contributed by atoms with E-state index in [1.54, 1.807) is 12.1 Å². The topological polar surface area (TPSA) is 69.6 Å². The fourth-order valence-electron chi connectivity index (χ4n) is 2.04. The van der Waals surface area contributed by atoms with E-state index in [4.69, 9.17) is 5.11 Å². The molecular weight excluding hydrogens is 268 g/mol. The molecule has 1 aromatic rings. The van der Waals surface area contributed by atoms with E-state index < -0.39 is 5.97 Å². The highest BCUT2D eigenvalue weighted by molar-refractivity contribution is 5.94. The van der Waals surface area contributed by atoms with Gasteiger partial charge in [-0.3, -0.25) is 14.5 Å². The van der Waals surface area contributed by atoms with Crippen molar-refractivity contribution in [1.29, 1.82) is 0 Å². The Kier molecular flexibility index (Phi) is 6.88.